The van der Waals surface area contributed by atoms with E-state index in [0.717, 1.165) is 41.7 Å². The highest BCUT2D eigenvalue weighted by Gasteiger charge is 2.24. The summed E-state index contributed by atoms with van der Waals surface area (Å²) < 4.78 is 10.8. The molecule has 1 aliphatic heterocycles. The summed E-state index contributed by atoms with van der Waals surface area (Å²) in [7, 11) is 3.23. The van der Waals surface area contributed by atoms with Gasteiger partial charge in [0.1, 0.15) is 0 Å². The minimum Gasteiger partial charge on any atom is -0.493 e. The zero-order valence-corrected chi connectivity index (χ0v) is 17.1. The van der Waals surface area contributed by atoms with Crippen LogP contribution >= 0.6 is 0 Å². The van der Waals surface area contributed by atoms with Gasteiger partial charge < -0.3 is 14.4 Å². The van der Waals surface area contributed by atoms with Crippen molar-refractivity contribution in [1.82, 2.24) is 9.88 Å². The number of pyridine rings is 1. The lowest BCUT2D eigenvalue weighted by atomic mass is 9.98. The summed E-state index contributed by atoms with van der Waals surface area (Å²) in [4.78, 5) is 20.2. The van der Waals surface area contributed by atoms with Crippen LogP contribution in [0.4, 0.5) is 0 Å². The molecule has 29 heavy (non-hydrogen) atoms. The van der Waals surface area contributed by atoms with Gasteiger partial charge in [-0.2, -0.15) is 0 Å². The number of aromatic nitrogens is 1. The van der Waals surface area contributed by atoms with Crippen LogP contribution in [-0.4, -0.2) is 43.1 Å². The predicted octanol–water partition coefficient (Wildman–Crippen LogP) is 4.79. The molecule has 0 saturated carbocycles. The van der Waals surface area contributed by atoms with Crippen molar-refractivity contribution in [3.63, 3.8) is 0 Å². The molecule has 2 aromatic carbocycles. The summed E-state index contributed by atoms with van der Waals surface area (Å²) in [6.45, 7) is 3.83. The lowest BCUT2D eigenvalue weighted by Gasteiger charge is -2.31. The Morgan fingerprint density at radius 3 is 2.62 bits per heavy atom. The molecule has 1 atom stereocenters. The topological polar surface area (TPSA) is 51.7 Å². The first-order valence-electron chi connectivity index (χ1n) is 10.0. The number of rotatable bonds is 4. The van der Waals surface area contributed by atoms with Crippen molar-refractivity contribution in [2.45, 2.75) is 19.8 Å². The van der Waals surface area contributed by atoms with Crippen molar-refractivity contribution in [3.05, 3.63) is 54.1 Å². The van der Waals surface area contributed by atoms with Gasteiger partial charge >= 0.3 is 0 Å². The number of carbonyl (C=O) groups is 1. The first kappa shape index (κ1) is 19.2. The van der Waals surface area contributed by atoms with E-state index in [1.54, 1.807) is 14.2 Å². The number of methoxy groups -OCH3 is 2. The van der Waals surface area contributed by atoms with Crippen LogP contribution in [0.5, 0.6) is 11.5 Å². The molecule has 5 heteroatoms. The van der Waals surface area contributed by atoms with E-state index in [1.165, 1.54) is 6.42 Å². The van der Waals surface area contributed by atoms with Crippen molar-refractivity contribution in [3.8, 4) is 22.8 Å². The highest BCUT2D eigenvalue weighted by molar-refractivity contribution is 6.07. The van der Waals surface area contributed by atoms with Crippen LogP contribution in [0.1, 0.15) is 30.1 Å². The van der Waals surface area contributed by atoms with Crippen molar-refractivity contribution < 1.29 is 14.3 Å². The third-order valence-electron chi connectivity index (χ3n) is 5.57. The minimum absolute atomic E-state index is 0.0804. The van der Waals surface area contributed by atoms with Crippen molar-refractivity contribution in [2.24, 2.45) is 5.92 Å². The first-order chi connectivity index (χ1) is 14.1. The smallest absolute Gasteiger partial charge is 0.254 e. The summed E-state index contributed by atoms with van der Waals surface area (Å²) in [5.41, 5.74) is 3.15. The molecule has 1 unspecified atom stereocenters. The number of piperidine rings is 1. The van der Waals surface area contributed by atoms with Gasteiger partial charge in [-0.25, -0.2) is 4.98 Å². The van der Waals surface area contributed by atoms with Gasteiger partial charge in [-0.15, -0.1) is 0 Å². The van der Waals surface area contributed by atoms with Crippen LogP contribution in [0.2, 0.25) is 0 Å². The van der Waals surface area contributed by atoms with Gasteiger partial charge in [0.2, 0.25) is 0 Å². The SMILES string of the molecule is COc1ccc(-c2cc(C(=O)N3CCCC(C)C3)c3ccccc3n2)cc1OC. The predicted molar refractivity (Wildman–Crippen MR) is 115 cm³/mol. The molecule has 150 valence electrons. The summed E-state index contributed by atoms with van der Waals surface area (Å²) in [6.07, 6.45) is 2.23. The van der Waals surface area contributed by atoms with Gasteiger partial charge in [-0.1, -0.05) is 25.1 Å². The summed E-state index contributed by atoms with van der Waals surface area (Å²) >= 11 is 0. The van der Waals surface area contributed by atoms with Crippen LogP contribution in [-0.2, 0) is 0 Å². The van der Waals surface area contributed by atoms with E-state index in [0.29, 0.717) is 23.0 Å². The largest absolute Gasteiger partial charge is 0.493 e. The molecule has 1 amide bonds. The fourth-order valence-electron chi connectivity index (χ4n) is 4.04. The monoisotopic (exact) mass is 390 g/mol. The Labute approximate surface area is 171 Å². The lowest BCUT2D eigenvalue weighted by molar-refractivity contribution is 0.0685. The van der Waals surface area contributed by atoms with E-state index in [9.17, 15) is 4.79 Å². The molecule has 0 radical (unpaired) electrons. The van der Waals surface area contributed by atoms with Gasteiger partial charge in [-0.05, 0) is 49.1 Å². The van der Waals surface area contributed by atoms with E-state index in [4.69, 9.17) is 14.5 Å². The third-order valence-corrected chi connectivity index (χ3v) is 5.57. The number of likely N-dealkylation sites (tertiary alicyclic amines) is 1. The number of nitrogens with zero attached hydrogens (tertiary/aromatic N) is 2. The molecule has 2 heterocycles. The van der Waals surface area contributed by atoms with Crippen LogP contribution < -0.4 is 9.47 Å². The van der Waals surface area contributed by atoms with Crippen molar-refractivity contribution in [1.29, 1.82) is 0 Å². The van der Waals surface area contributed by atoms with E-state index in [-0.39, 0.29) is 5.91 Å². The number of benzene rings is 2. The second-order valence-electron chi connectivity index (χ2n) is 7.64. The number of ether oxygens (including phenoxy) is 2. The van der Waals surface area contributed by atoms with Gasteiger partial charge in [0, 0.05) is 24.0 Å². The molecule has 1 aromatic heterocycles. The Morgan fingerprint density at radius 2 is 1.86 bits per heavy atom. The first-order valence-corrected chi connectivity index (χ1v) is 10.0. The molecule has 0 bridgehead atoms. The average Bonchev–Trinajstić information content (AvgIpc) is 2.77. The number of hydrogen-bond donors (Lipinski definition) is 0. The third kappa shape index (κ3) is 3.77. The molecule has 1 saturated heterocycles. The van der Waals surface area contributed by atoms with E-state index < -0.39 is 0 Å². The van der Waals surface area contributed by atoms with Crippen LogP contribution in [0, 0.1) is 5.92 Å². The Balaban J connectivity index is 1.82. The van der Waals surface area contributed by atoms with Gasteiger partial charge in [0.05, 0.1) is 31.0 Å². The van der Waals surface area contributed by atoms with Crippen LogP contribution in [0.25, 0.3) is 22.2 Å². The Morgan fingerprint density at radius 1 is 1.07 bits per heavy atom. The van der Waals surface area contributed by atoms with E-state index >= 15 is 0 Å². The standard InChI is InChI=1S/C24H26N2O3/c1-16-7-6-12-26(15-16)24(27)19-14-21(25-20-9-5-4-8-18(19)20)17-10-11-22(28-2)23(13-17)29-3/h4-5,8-11,13-14,16H,6-7,12,15H2,1-3H3. The van der Waals surface area contributed by atoms with Crippen LogP contribution in [0.15, 0.2) is 48.5 Å². The van der Waals surface area contributed by atoms with E-state index in [2.05, 4.69) is 6.92 Å². The number of hydrogen-bond acceptors (Lipinski definition) is 4. The highest BCUT2D eigenvalue weighted by Crippen LogP contribution is 2.33. The molecular weight excluding hydrogens is 364 g/mol. The van der Waals surface area contributed by atoms with E-state index in [1.807, 2.05) is 53.4 Å². The molecule has 0 spiro atoms. The Bertz CT molecular complexity index is 1050. The maximum Gasteiger partial charge on any atom is 0.254 e. The molecule has 1 fully saturated rings. The summed E-state index contributed by atoms with van der Waals surface area (Å²) in [6, 6.07) is 15.4. The average molecular weight is 390 g/mol. The normalized spacial score (nSPS) is 16.7. The van der Waals surface area contributed by atoms with Crippen molar-refractivity contribution >= 4 is 16.8 Å². The maximum absolute atomic E-state index is 13.4. The minimum atomic E-state index is 0.0804. The van der Waals surface area contributed by atoms with Crippen molar-refractivity contribution in [2.75, 3.05) is 27.3 Å². The lowest BCUT2D eigenvalue weighted by Crippen LogP contribution is -2.39. The van der Waals surface area contributed by atoms with Gasteiger partial charge in [0.25, 0.3) is 5.91 Å². The molecular formula is C24H26N2O3. The van der Waals surface area contributed by atoms with Gasteiger partial charge in [0.15, 0.2) is 11.5 Å². The molecule has 4 rings (SSSR count). The molecule has 3 aromatic rings. The second-order valence-corrected chi connectivity index (χ2v) is 7.64. The summed E-state index contributed by atoms with van der Waals surface area (Å²) in [5.74, 6) is 1.91. The Hall–Kier alpha value is -3.08. The fraction of sp³-hybridized carbons (Fsp3) is 0.333. The summed E-state index contributed by atoms with van der Waals surface area (Å²) in [5, 5.41) is 0.889. The zero-order valence-electron chi connectivity index (χ0n) is 17.1. The molecule has 5 nitrogen and oxygen atoms in total. The number of carbonyl (C=O) groups excluding carboxylic acids is 1. The molecule has 1 aliphatic rings. The highest BCUT2D eigenvalue weighted by atomic mass is 16.5. The number of para-hydroxylation sites is 1. The Kier molecular flexibility index (Phi) is 5.38. The maximum atomic E-state index is 13.4. The fourth-order valence-corrected chi connectivity index (χ4v) is 4.04. The zero-order chi connectivity index (χ0) is 20.4. The molecule has 0 aliphatic carbocycles. The van der Waals surface area contributed by atoms with Gasteiger partial charge in [-0.3, -0.25) is 4.79 Å². The molecule has 0 N–H and O–H groups in total. The number of fused-ring (bicyclic) bond motifs is 1. The quantitative estimate of drug-likeness (QED) is 0.643. The van der Waals surface area contributed by atoms with Crippen LogP contribution in [0.3, 0.4) is 0 Å². The second kappa shape index (κ2) is 8.11. The number of amides is 1.